The van der Waals surface area contributed by atoms with Crippen LogP contribution in [0.15, 0.2) is 49.1 Å². The number of allylic oxidation sites excluding steroid dienone is 1. The first-order valence-corrected chi connectivity index (χ1v) is 12.1. The summed E-state index contributed by atoms with van der Waals surface area (Å²) >= 11 is 0. The molecule has 0 spiro atoms. The molecule has 0 aromatic heterocycles. The molecule has 1 heterocycles. The Hall–Kier alpha value is -3.20. The monoisotopic (exact) mass is 508 g/mol. The lowest BCUT2D eigenvalue weighted by molar-refractivity contribution is -0.145. The van der Waals surface area contributed by atoms with Gasteiger partial charge >= 0.3 is 23.9 Å². The fourth-order valence-electron chi connectivity index (χ4n) is 2.63. The van der Waals surface area contributed by atoms with Gasteiger partial charge in [0.2, 0.25) is 0 Å². The van der Waals surface area contributed by atoms with Gasteiger partial charge in [-0.3, -0.25) is 0 Å². The van der Waals surface area contributed by atoms with Crippen LogP contribution in [0, 0.1) is 0 Å². The summed E-state index contributed by atoms with van der Waals surface area (Å²) in [5.41, 5.74) is 0.730. The minimum absolute atomic E-state index is 0.0244. The maximum absolute atomic E-state index is 11.2. The standard InChI is InChI=1S/C10H12O5.C10H16O2.C7H12O2/c1-7(3-2-4-9(11)12)10(13)15-6-8-5-14-8;1-8(2)10(11)12-9-6-4-3-5-7-9;1-3-5-6-9-7(8)4-2/h2,4,8H,1,3,5-6H2,(H,11,12);9H,1,3-7H2,2H3;4H,2-3,5-6H2,1H3. The van der Waals surface area contributed by atoms with Gasteiger partial charge in [-0.1, -0.05) is 45.6 Å². The Kier molecular flexibility index (Phi) is 18.3. The molecule has 2 rings (SSSR count). The molecule has 1 saturated heterocycles. The quantitative estimate of drug-likeness (QED) is 0.133. The summed E-state index contributed by atoms with van der Waals surface area (Å²) < 4.78 is 19.6. The van der Waals surface area contributed by atoms with E-state index in [9.17, 15) is 19.2 Å². The Morgan fingerprint density at radius 1 is 1.06 bits per heavy atom. The van der Waals surface area contributed by atoms with Crippen LogP contribution >= 0.6 is 0 Å². The summed E-state index contributed by atoms with van der Waals surface area (Å²) in [5.74, 6) is -2.13. The van der Waals surface area contributed by atoms with Gasteiger partial charge in [0.25, 0.3) is 0 Å². The van der Waals surface area contributed by atoms with Crippen molar-refractivity contribution >= 4 is 23.9 Å². The lowest BCUT2D eigenvalue weighted by Crippen LogP contribution is -2.20. The first-order valence-electron chi connectivity index (χ1n) is 12.1. The van der Waals surface area contributed by atoms with Crippen molar-refractivity contribution in [1.29, 1.82) is 0 Å². The van der Waals surface area contributed by atoms with Crippen molar-refractivity contribution in [2.24, 2.45) is 0 Å². The van der Waals surface area contributed by atoms with E-state index in [1.807, 2.05) is 6.92 Å². The van der Waals surface area contributed by atoms with Crippen LogP contribution in [0.3, 0.4) is 0 Å². The summed E-state index contributed by atoms with van der Waals surface area (Å²) in [5, 5.41) is 8.30. The van der Waals surface area contributed by atoms with Crippen molar-refractivity contribution in [1.82, 2.24) is 0 Å². The first kappa shape index (κ1) is 32.8. The van der Waals surface area contributed by atoms with Crippen molar-refractivity contribution < 1.29 is 43.2 Å². The third-order valence-electron chi connectivity index (χ3n) is 4.80. The number of esters is 3. The lowest BCUT2D eigenvalue weighted by Gasteiger charge is -2.21. The van der Waals surface area contributed by atoms with Gasteiger partial charge < -0.3 is 24.1 Å². The highest BCUT2D eigenvalue weighted by Gasteiger charge is 2.24. The van der Waals surface area contributed by atoms with Gasteiger partial charge in [0, 0.05) is 23.3 Å². The van der Waals surface area contributed by atoms with Crippen LogP contribution in [0.4, 0.5) is 0 Å². The van der Waals surface area contributed by atoms with Gasteiger partial charge in [-0.15, -0.1) is 0 Å². The molecule has 202 valence electrons. The fraction of sp³-hybridized carbons (Fsp3) is 0.556. The molecule has 1 N–H and O–H groups in total. The topological polar surface area (TPSA) is 129 Å². The van der Waals surface area contributed by atoms with Crippen molar-refractivity contribution in [3.05, 3.63) is 49.1 Å². The van der Waals surface area contributed by atoms with Crippen molar-refractivity contribution in [2.45, 2.75) is 77.4 Å². The van der Waals surface area contributed by atoms with Crippen LogP contribution in [0.1, 0.15) is 65.2 Å². The molecule has 1 atom stereocenters. The number of carbonyl (C=O) groups is 4. The molecule has 9 heteroatoms. The van der Waals surface area contributed by atoms with E-state index in [-0.39, 0.29) is 42.7 Å². The number of carboxylic acids is 1. The molecule has 2 aliphatic rings. The minimum atomic E-state index is -1.05. The number of carbonyl (C=O) groups excluding carboxylic acids is 3. The van der Waals surface area contributed by atoms with Crippen molar-refractivity contribution in [3.8, 4) is 0 Å². The van der Waals surface area contributed by atoms with Gasteiger partial charge in [-0.05, 0) is 45.4 Å². The molecule has 0 amide bonds. The second-order valence-corrected chi connectivity index (χ2v) is 8.27. The highest BCUT2D eigenvalue weighted by Crippen LogP contribution is 2.20. The summed E-state index contributed by atoms with van der Waals surface area (Å²) in [6.45, 7) is 15.4. The molecular weight excluding hydrogens is 468 g/mol. The Labute approximate surface area is 213 Å². The second kappa shape index (κ2) is 20.0. The number of epoxide rings is 1. The maximum atomic E-state index is 11.2. The number of unbranched alkanes of at least 4 members (excludes halogenated alkanes) is 1. The molecule has 1 aliphatic heterocycles. The van der Waals surface area contributed by atoms with Crippen molar-refractivity contribution in [2.75, 3.05) is 19.8 Å². The molecule has 9 nitrogen and oxygen atoms in total. The summed E-state index contributed by atoms with van der Waals surface area (Å²) in [6.07, 6.45) is 11.5. The number of carboxylic acid groups (broad SMARTS) is 1. The molecule has 0 aromatic rings. The van der Waals surface area contributed by atoms with Gasteiger partial charge in [0.15, 0.2) is 0 Å². The van der Waals surface area contributed by atoms with Crippen LogP contribution in [-0.2, 0) is 38.1 Å². The number of hydrogen-bond donors (Lipinski definition) is 1. The van der Waals surface area contributed by atoms with E-state index in [2.05, 4.69) is 24.5 Å². The molecule has 0 aromatic carbocycles. The number of aliphatic carboxylic acids is 1. The molecule has 1 saturated carbocycles. The highest BCUT2D eigenvalue weighted by molar-refractivity contribution is 5.88. The zero-order chi connectivity index (χ0) is 27.3. The van der Waals surface area contributed by atoms with E-state index < -0.39 is 11.9 Å². The molecular formula is C27H40O9. The second-order valence-electron chi connectivity index (χ2n) is 8.27. The summed E-state index contributed by atoms with van der Waals surface area (Å²) in [7, 11) is 0. The van der Waals surface area contributed by atoms with Crippen LogP contribution < -0.4 is 0 Å². The number of hydrogen-bond acceptors (Lipinski definition) is 8. The summed E-state index contributed by atoms with van der Waals surface area (Å²) in [6, 6.07) is 0. The highest BCUT2D eigenvalue weighted by atomic mass is 16.6. The Morgan fingerprint density at radius 3 is 2.19 bits per heavy atom. The van der Waals surface area contributed by atoms with Crippen molar-refractivity contribution in [3.63, 3.8) is 0 Å². The number of rotatable bonds is 12. The van der Waals surface area contributed by atoms with E-state index in [4.69, 9.17) is 19.3 Å². The van der Waals surface area contributed by atoms with Crippen LogP contribution in [0.25, 0.3) is 0 Å². The molecule has 2 fully saturated rings. The van der Waals surface area contributed by atoms with E-state index in [0.717, 1.165) is 31.8 Å². The van der Waals surface area contributed by atoms with E-state index in [0.29, 0.717) is 18.8 Å². The maximum Gasteiger partial charge on any atom is 0.333 e. The smallest absolute Gasteiger partial charge is 0.333 e. The van der Waals surface area contributed by atoms with Gasteiger partial charge in [-0.2, -0.15) is 0 Å². The largest absolute Gasteiger partial charge is 0.478 e. The average molecular weight is 509 g/mol. The lowest BCUT2D eigenvalue weighted by atomic mass is 9.98. The zero-order valence-corrected chi connectivity index (χ0v) is 21.5. The van der Waals surface area contributed by atoms with E-state index in [1.54, 1.807) is 6.92 Å². The first-order chi connectivity index (χ1) is 17.1. The molecule has 1 aliphatic carbocycles. The zero-order valence-electron chi connectivity index (χ0n) is 21.5. The molecule has 0 bridgehead atoms. The molecule has 0 radical (unpaired) electrons. The van der Waals surface area contributed by atoms with Crippen LogP contribution in [-0.4, -0.2) is 61.0 Å². The summed E-state index contributed by atoms with van der Waals surface area (Å²) in [4.78, 5) is 42.8. The van der Waals surface area contributed by atoms with E-state index >= 15 is 0 Å². The van der Waals surface area contributed by atoms with Gasteiger partial charge in [0.1, 0.15) is 18.8 Å². The predicted octanol–water partition coefficient (Wildman–Crippen LogP) is 4.47. The number of ether oxygens (including phenoxy) is 4. The van der Waals surface area contributed by atoms with Gasteiger partial charge in [0.05, 0.1) is 13.2 Å². The van der Waals surface area contributed by atoms with E-state index in [1.165, 1.54) is 31.4 Å². The molecule has 1 unspecified atom stereocenters. The van der Waals surface area contributed by atoms with Gasteiger partial charge in [-0.25, -0.2) is 19.2 Å². The average Bonchev–Trinajstić information content (AvgIpc) is 3.68. The third-order valence-corrected chi connectivity index (χ3v) is 4.80. The third kappa shape index (κ3) is 19.1. The normalized spacial score (nSPS) is 16.2. The Bertz CT molecular complexity index is 772. The van der Waals surface area contributed by atoms with Crippen LogP contribution in [0.2, 0.25) is 0 Å². The van der Waals surface area contributed by atoms with Crippen LogP contribution in [0.5, 0.6) is 0 Å². The predicted molar refractivity (Wildman–Crippen MR) is 135 cm³/mol. The SMILES string of the molecule is C=C(C)C(=O)OC1CCCCC1.C=C(CC=CC(=O)O)C(=O)OCC1CO1.C=CC(=O)OCCCC. The molecule has 36 heavy (non-hydrogen) atoms. The Balaban J connectivity index is 0.000000529. The fourth-order valence-corrected chi connectivity index (χ4v) is 2.63. The Morgan fingerprint density at radius 2 is 1.69 bits per heavy atom. The minimum Gasteiger partial charge on any atom is -0.478 e.